The van der Waals surface area contributed by atoms with Crippen LogP contribution in [-0.2, 0) is 21.3 Å². The van der Waals surface area contributed by atoms with Crippen LogP contribution in [0, 0.1) is 0 Å². The second-order valence-electron chi connectivity index (χ2n) is 5.19. The summed E-state index contributed by atoms with van der Waals surface area (Å²) in [5.41, 5.74) is 6.56. The summed E-state index contributed by atoms with van der Waals surface area (Å²) < 4.78 is 34.5. The molecule has 7 heteroatoms. The Hall–Kier alpha value is -0.890. The fraction of sp³-hybridized carbons (Fsp3) is 0.692. The van der Waals surface area contributed by atoms with Gasteiger partial charge < -0.3 is 15.0 Å². The summed E-state index contributed by atoms with van der Waals surface area (Å²) >= 11 is 0. The highest BCUT2D eigenvalue weighted by Gasteiger charge is 2.28. The van der Waals surface area contributed by atoms with Crippen LogP contribution < -0.4 is 10.5 Å². The molecule has 1 saturated carbocycles. The van der Waals surface area contributed by atoms with E-state index in [0.717, 1.165) is 18.5 Å². The van der Waals surface area contributed by atoms with E-state index in [1.54, 1.807) is 19.4 Å². The first kappa shape index (κ1) is 15.5. The predicted octanol–water partition coefficient (Wildman–Crippen LogP) is 0.985. The van der Waals surface area contributed by atoms with Crippen molar-refractivity contribution < 1.29 is 13.2 Å². The number of nitrogens with zero attached hydrogens (tertiary/aromatic N) is 1. The number of nitrogens with one attached hydrogen (secondary N) is 1. The van der Waals surface area contributed by atoms with Crippen molar-refractivity contribution in [2.45, 2.75) is 49.7 Å². The van der Waals surface area contributed by atoms with Crippen molar-refractivity contribution in [3.8, 4) is 0 Å². The van der Waals surface area contributed by atoms with Crippen LogP contribution in [-0.4, -0.2) is 32.7 Å². The highest BCUT2D eigenvalue weighted by molar-refractivity contribution is 7.89. The number of hydrogen-bond donors (Lipinski definition) is 2. The van der Waals surface area contributed by atoms with Crippen LogP contribution in [0.2, 0.25) is 0 Å². The number of aromatic nitrogens is 1. The third-order valence-electron chi connectivity index (χ3n) is 3.55. The molecule has 1 fully saturated rings. The average Bonchev–Trinajstić information content (AvgIpc) is 3.16. The zero-order valence-electron chi connectivity index (χ0n) is 12.0. The molecule has 0 aromatic carbocycles. The maximum Gasteiger partial charge on any atom is 0.242 e. The van der Waals surface area contributed by atoms with Crippen LogP contribution in [0.1, 0.15) is 37.9 Å². The van der Waals surface area contributed by atoms with Crippen molar-refractivity contribution in [2.24, 2.45) is 5.73 Å². The molecule has 0 spiro atoms. The first-order valence-corrected chi connectivity index (χ1v) is 8.42. The zero-order chi connectivity index (χ0) is 14.8. The van der Waals surface area contributed by atoms with Gasteiger partial charge in [-0.1, -0.05) is 6.92 Å². The molecule has 20 heavy (non-hydrogen) atoms. The maximum atomic E-state index is 12.4. The van der Waals surface area contributed by atoms with Gasteiger partial charge in [-0.15, -0.1) is 0 Å². The van der Waals surface area contributed by atoms with E-state index in [1.807, 2.05) is 11.5 Å². The van der Waals surface area contributed by atoms with E-state index in [1.165, 1.54) is 0 Å². The van der Waals surface area contributed by atoms with E-state index in [4.69, 9.17) is 10.5 Å². The Morgan fingerprint density at radius 1 is 1.55 bits per heavy atom. The average molecular weight is 301 g/mol. The molecule has 1 unspecified atom stereocenters. The highest BCUT2D eigenvalue weighted by Crippen LogP contribution is 2.37. The van der Waals surface area contributed by atoms with Gasteiger partial charge in [0.05, 0.1) is 11.5 Å². The second kappa shape index (κ2) is 6.26. The largest absolute Gasteiger partial charge is 0.383 e. The van der Waals surface area contributed by atoms with Gasteiger partial charge in [0.25, 0.3) is 0 Å². The van der Waals surface area contributed by atoms with Crippen molar-refractivity contribution in [2.75, 3.05) is 13.7 Å². The van der Waals surface area contributed by atoms with Crippen LogP contribution in [0.4, 0.5) is 0 Å². The molecule has 1 aliphatic rings. The fourth-order valence-electron chi connectivity index (χ4n) is 2.22. The Morgan fingerprint density at radius 2 is 2.25 bits per heavy atom. The molecule has 1 aromatic rings. The quantitative estimate of drug-likeness (QED) is 0.749. The van der Waals surface area contributed by atoms with Gasteiger partial charge in [0, 0.05) is 37.6 Å². The molecule has 114 valence electrons. The summed E-state index contributed by atoms with van der Waals surface area (Å²) in [4.78, 5) is 0.291. The first-order chi connectivity index (χ1) is 9.51. The predicted molar refractivity (Wildman–Crippen MR) is 76.9 cm³/mol. The Balaban J connectivity index is 2.20. The molecule has 0 saturated heterocycles. The topological polar surface area (TPSA) is 86.3 Å². The SMILES string of the molecule is CCC(COC)NS(=O)(=O)c1cc(CN)n(C2CC2)c1. The molecule has 1 aliphatic carbocycles. The zero-order valence-corrected chi connectivity index (χ0v) is 12.8. The Morgan fingerprint density at radius 3 is 2.75 bits per heavy atom. The van der Waals surface area contributed by atoms with E-state index >= 15 is 0 Å². The standard InChI is InChI=1S/C13H23N3O3S/c1-3-10(9-19-2)15-20(17,18)13-6-12(7-14)16(8-13)11-4-5-11/h6,8,10-11,15H,3-5,7,9,14H2,1-2H3. The Labute approximate surface area is 120 Å². The summed E-state index contributed by atoms with van der Waals surface area (Å²) in [6, 6.07) is 1.87. The molecule has 1 aromatic heterocycles. The Kier molecular flexibility index (Phi) is 4.85. The summed E-state index contributed by atoms with van der Waals surface area (Å²) in [5, 5.41) is 0. The maximum absolute atomic E-state index is 12.4. The van der Waals surface area contributed by atoms with Gasteiger partial charge in [-0.05, 0) is 25.3 Å². The summed E-state index contributed by atoms with van der Waals surface area (Å²) in [6.45, 7) is 2.64. The minimum atomic E-state index is -3.52. The minimum Gasteiger partial charge on any atom is -0.383 e. The third kappa shape index (κ3) is 3.41. The number of rotatable bonds is 8. The first-order valence-electron chi connectivity index (χ1n) is 6.94. The molecule has 0 radical (unpaired) electrons. The van der Waals surface area contributed by atoms with Gasteiger partial charge in [0.2, 0.25) is 10.0 Å². The lowest BCUT2D eigenvalue weighted by Crippen LogP contribution is -2.37. The molecule has 6 nitrogen and oxygen atoms in total. The summed E-state index contributed by atoms with van der Waals surface area (Å²) in [6.07, 6.45) is 4.56. The molecular weight excluding hydrogens is 278 g/mol. The molecular formula is C13H23N3O3S. The van der Waals surface area contributed by atoms with Gasteiger partial charge in [0.15, 0.2) is 0 Å². The second-order valence-corrected chi connectivity index (χ2v) is 6.91. The van der Waals surface area contributed by atoms with Crippen LogP contribution in [0.15, 0.2) is 17.2 Å². The lowest BCUT2D eigenvalue weighted by atomic mass is 10.3. The lowest BCUT2D eigenvalue weighted by molar-refractivity contribution is 0.173. The monoisotopic (exact) mass is 301 g/mol. The fourth-order valence-corrected chi connectivity index (χ4v) is 3.58. The van der Waals surface area contributed by atoms with E-state index in [-0.39, 0.29) is 6.04 Å². The smallest absolute Gasteiger partial charge is 0.242 e. The minimum absolute atomic E-state index is 0.212. The number of ether oxygens (including phenoxy) is 1. The van der Waals surface area contributed by atoms with Crippen LogP contribution >= 0.6 is 0 Å². The summed E-state index contributed by atoms with van der Waals surface area (Å²) in [7, 11) is -1.96. The number of methoxy groups -OCH3 is 1. The molecule has 3 N–H and O–H groups in total. The molecule has 1 atom stereocenters. The van der Waals surface area contributed by atoms with Gasteiger partial charge in [-0.2, -0.15) is 0 Å². The number of nitrogens with two attached hydrogens (primary N) is 1. The Bertz CT molecular complexity index is 549. The van der Waals surface area contributed by atoms with E-state index in [2.05, 4.69) is 4.72 Å². The molecule has 0 bridgehead atoms. The van der Waals surface area contributed by atoms with Crippen molar-refractivity contribution in [3.05, 3.63) is 18.0 Å². The van der Waals surface area contributed by atoms with Gasteiger partial charge >= 0.3 is 0 Å². The van der Waals surface area contributed by atoms with Gasteiger partial charge in [-0.25, -0.2) is 13.1 Å². The van der Waals surface area contributed by atoms with E-state index in [0.29, 0.717) is 30.5 Å². The van der Waals surface area contributed by atoms with Crippen molar-refractivity contribution in [1.29, 1.82) is 0 Å². The third-order valence-corrected chi connectivity index (χ3v) is 5.04. The van der Waals surface area contributed by atoms with E-state index < -0.39 is 10.0 Å². The van der Waals surface area contributed by atoms with Gasteiger partial charge in [-0.3, -0.25) is 0 Å². The van der Waals surface area contributed by atoms with Crippen molar-refractivity contribution in [3.63, 3.8) is 0 Å². The van der Waals surface area contributed by atoms with Crippen LogP contribution in [0.5, 0.6) is 0 Å². The normalized spacial score (nSPS) is 17.4. The summed E-state index contributed by atoms with van der Waals surface area (Å²) in [5.74, 6) is 0. The molecule has 0 amide bonds. The van der Waals surface area contributed by atoms with Gasteiger partial charge in [0.1, 0.15) is 0 Å². The lowest BCUT2D eigenvalue weighted by Gasteiger charge is -2.15. The van der Waals surface area contributed by atoms with Crippen molar-refractivity contribution >= 4 is 10.0 Å². The number of sulfonamides is 1. The van der Waals surface area contributed by atoms with Crippen molar-refractivity contribution in [1.82, 2.24) is 9.29 Å². The number of hydrogen-bond acceptors (Lipinski definition) is 4. The molecule has 1 heterocycles. The highest BCUT2D eigenvalue weighted by atomic mass is 32.2. The molecule has 2 rings (SSSR count). The van der Waals surface area contributed by atoms with Crippen LogP contribution in [0.3, 0.4) is 0 Å². The molecule has 0 aliphatic heterocycles. The van der Waals surface area contributed by atoms with Crippen LogP contribution in [0.25, 0.3) is 0 Å². The van der Waals surface area contributed by atoms with E-state index in [9.17, 15) is 8.42 Å².